The van der Waals surface area contributed by atoms with Gasteiger partial charge in [-0.3, -0.25) is 14.6 Å². The van der Waals surface area contributed by atoms with Crippen molar-refractivity contribution in [2.45, 2.75) is 40.2 Å². The van der Waals surface area contributed by atoms with E-state index in [4.69, 9.17) is 0 Å². The number of aromatic nitrogens is 1. The Balaban J connectivity index is 2.24. The molecule has 1 fully saturated rings. The zero-order valence-electron chi connectivity index (χ0n) is 13.6. The van der Waals surface area contributed by atoms with Crippen LogP contribution in [0.3, 0.4) is 0 Å². The number of hydrogen-bond donors (Lipinski definition) is 1. The summed E-state index contributed by atoms with van der Waals surface area (Å²) in [5.41, 5.74) is 0.574. The Labute approximate surface area is 131 Å². The molecule has 1 aromatic rings. The third-order valence-corrected chi connectivity index (χ3v) is 4.84. The highest BCUT2D eigenvalue weighted by atomic mass is 16.4. The molecule has 0 saturated heterocycles. The van der Waals surface area contributed by atoms with Gasteiger partial charge in [0.15, 0.2) is 0 Å². The van der Waals surface area contributed by atoms with Gasteiger partial charge in [-0.25, -0.2) is 0 Å². The van der Waals surface area contributed by atoms with Crippen LogP contribution in [0.4, 0.5) is 0 Å². The fourth-order valence-electron chi connectivity index (χ4n) is 3.49. The molecule has 120 valence electrons. The van der Waals surface area contributed by atoms with E-state index in [2.05, 4.69) is 4.98 Å². The molecule has 1 aromatic heterocycles. The van der Waals surface area contributed by atoms with Gasteiger partial charge in [0.05, 0.1) is 17.9 Å². The fourth-order valence-corrected chi connectivity index (χ4v) is 3.49. The van der Waals surface area contributed by atoms with Crippen molar-refractivity contribution in [3.05, 3.63) is 30.1 Å². The summed E-state index contributed by atoms with van der Waals surface area (Å²) in [5, 5.41) is 9.30. The first kappa shape index (κ1) is 16.5. The van der Waals surface area contributed by atoms with Gasteiger partial charge >= 0.3 is 5.97 Å². The van der Waals surface area contributed by atoms with Crippen molar-refractivity contribution in [2.24, 2.45) is 17.3 Å². The maximum atomic E-state index is 12.9. The maximum Gasteiger partial charge on any atom is 0.307 e. The summed E-state index contributed by atoms with van der Waals surface area (Å²) in [6, 6.07) is 3.79. The topological polar surface area (TPSA) is 70.5 Å². The van der Waals surface area contributed by atoms with Crippen LogP contribution >= 0.6 is 0 Å². The molecule has 5 nitrogen and oxygen atoms in total. The zero-order chi connectivity index (χ0) is 16.5. The van der Waals surface area contributed by atoms with Crippen molar-refractivity contribution in [1.82, 2.24) is 9.88 Å². The number of rotatable bonds is 6. The number of carbonyl (C=O) groups is 2. The predicted octanol–water partition coefficient (Wildman–Crippen LogP) is 2.74. The summed E-state index contributed by atoms with van der Waals surface area (Å²) in [7, 11) is 0. The van der Waals surface area contributed by atoms with E-state index in [0.29, 0.717) is 6.54 Å². The lowest BCUT2D eigenvalue weighted by Gasteiger charge is -2.31. The minimum Gasteiger partial charge on any atom is -0.481 e. The van der Waals surface area contributed by atoms with E-state index in [1.54, 1.807) is 12.4 Å². The second-order valence-corrected chi connectivity index (χ2v) is 6.44. The molecule has 0 radical (unpaired) electrons. The number of amides is 1. The van der Waals surface area contributed by atoms with Crippen molar-refractivity contribution >= 4 is 11.9 Å². The molecule has 1 N–H and O–H groups in total. The van der Waals surface area contributed by atoms with E-state index < -0.39 is 23.2 Å². The number of aliphatic carboxylic acids is 1. The molecule has 0 aliphatic heterocycles. The number of nitrogens with zero attached hydrogens (tertiary/aromatic N) is 2. The first-order valence-electron chi connectivity index (χ1n) is 7.79. The van der Waals surface area contributed by atoms with E-state index in [-0.39, 0.29) is 11.9 Å². The van der Waals surface area contributed by atoms with E-state index >= 15 is 0 Å². The Kier molecular flexibility index (Phi) is 4.54. The van der Waals surface area contributed by atoms with Crippen LogP contribution in [0.25, 0.3) is 0 Å². The summed E-state index contributed by atoms with van der Waals surface area (Å²) in [4.78, 5) is 30.0. The minimum absolute atomic E-state index is 0.0358. The summed E-state index contributed by atoms with van der Waals surface area (Å²) in [5.74, 6) is -1.94. The molecule has 1 amide bonds. The maximum absolute atomic E-state index is 12.9. The van der Waals surface area contributed by atoms with E-state index in [1.165, 1.54) is 0 Å². The van der Waals surface area contributed by atoms with Gasteiger partial charge in [-0.2, -0.15) is 0 Å². The summed E-state index contributed by atoms with van der Waals surface area (Å²) >= 11 is 0. The van der Waals surface area contributed by atoms with Gasteiger partial charge in [0.1, 0.15) is 0 Å². The molecule has 0 bridgehead atoms. The van der Waals surface area contributed by atoms with Crippen LogP contribution in [0.1, 0.15) is 45.7 Å². The number of pyridine rings is 1. The molecule has 3 atom stereocenters. The first-order chi connectivity index (χ1) is 10.4. The largest absolute Gasteiger partial charge is 0.481 e. The number of hydrogen-bond acceptors (Lipinski definition) is 3. The zero-order valence-corrected chi connectivity index (χ0v) is 13.6. The summed E-state index contributed by atoms with van der Waals surface area (Å²) < 4.78 is 0. The average Bonchev–Trinajstić information content (AvgIpc) is 3.07. The van der Waals surface area contributed by atoms with Crippen LogP contribution in [0.2, 0.25) is 0 Å². The van der Waals surface area contributed by atoms with Gasteiger partial charge in [-0.15, -0.1) is 0 Å². The van der Waals surface area contributed by atoms with Crippen LogP contribution in [0.5, 0.6) is 0 Å². The molecule has 2 rings (SSSR count). The lowest BCUT2D eigenvalue weighted by molar-refractivity contribution is -0.142. The van der Waals surface area contributed by atoms with Gasteiger partial charge in [-0.1, -0.05) is 20.8 Å². The van der Waals surface area contributed by atoms with E-state index in [1.807, 2.05) is 44.7 Å². The second kappa shape index (κ2) is 6.07. The second-order valence-electron chi connectivity index (χ2n) is 6.44. The summed E-state index contributed by atoms with van der Waals surface area (Å²) in [6.45, 7) is 8.25. The standard InChI is InChI=1S/C17H24N2O3/c1-5-12(11-7-9-18-10-8-11)19(6-2)15(20)13-14(16(21)22)17(13,3)4/h7-10,12-14H,5-6H2,1-4H3,(H,21,22)/t12?,13-,14+/m0/s1. The Morgan fingerprint density at radius 1 is 1.27 bits per heavy atom. The van der Waals surface area contributed by atoms with Crippen molar-refractivity contribution < 1.29 is 14.7 Å². The van der Waals surface area contributed by atoms with E-state index in [9.17, 15) is 14.7 Å². The molecular weight excluding hydrogens is 280 g/mol. The Morgan fingerprint density at radius 2 is 1.86 bits per heavy atom. The van der Waals surface area contributed by atoms with Gasteiger partial charge in [-0.05, 0) is 36.5 Å². The van der Waals surface area contributed by atoms with Crippen LogP contribution in [0.15, 0.2) is 24.5 Å². The molecule has 1 saturated carbocycles. The monoisotopic (exact) mass is 304 g/mol. The lowest BCUT2D eigenvalue weighted by Crippen LogP contribution is -2.37. The van der Waals surface area contributed by atoms with Crippen molar-refractivity contribution in [2.75, 3.05) is 6.54 Å². The van der Waals surface area contributed by atoms with Crippen molar-refractivity contribution in [3.8, 4) is 0 Å². The van der Waals surface area contributed by atoms with Crippen LogP contribution in [-0.4, -0.2) is 33.4 Å². The van der Waals surface area contributed by atoms with Gasteiger partial charge < -0.3 is 10.0 Å². The van der Waals surface area contributed by atoms with Crippen molar-refractivity contribution in [3.63, 3.8) is 0 Å². The highest BCUT2D eigenvalue weighted by Crippen LogP contribution is 2.59. The Morgan fingerprint density at radius 3 is 2.27 bits per heavy atom. The number of carboxylic acid groups (broad SMARTS) is 1. The smallest absolute Gasteiger partial charge is 0.307 e. The fraction of sp³-hybridized carbons (Fsp3) is 0.588. The van der Waals surface area contributed by atoms with Gasteiger partial charge in [0.25, 0.3) is 0 Å². The normalized spacial score (nSPS) is 23.6. The molecule has 1 aliphatic carbocycles. The molecule has 0 spiro atoms. The quantitative estimate of drug-likeness (QED) is 0.877. The molecular formula is C17H24N2O3. The number of carboxylic acids is 1. The average molecular weight is 304 g/mol. The molecule has 1 aliphatic rings. The van der Waals surface area contributed by atoms with Gasteiger partial charge in [0.2, 0.25) is 5.91 Å². The molecule has 1 heterocycles. The minimum atomic E-state index is -0.878. The first-order valence-corrected chi connectivity index (χ1v) is 7.79. The predicted molar refractivity (Wildman–Crippen MR) is 83.1 cm³/mol. The van der Waals surface area contributed by atoms with E-state index in [0.717, 1.165) is 12.0 Å². The third kappa shape index (κ3) is 2.72. The molecule has 1 unspecified atom stereocenters. The van der Waals surface area contributed by atoms with Crippen molar-refractivity contribution in [1.29, 1.82) is 0 Å². The lowest BCUT2D eigenvalue weighted by atomic mass is 10.0. The highest BCUT2D eigenvalue weighted by Gasteiger charge is 2.66. The Bertz CT molecular complexity index is 556. The molecule has 22 heavy (non-hydrogen) atoms. The van der Waals surface area contributed by atoms with Crippen LogP contribution < -0.4 is 0 Å². The molecule has 0 aromatic carbocycles. The Hall–Kier alpha value is -1.91. The SMILES string of the molecule is CCC(c1ccncc1)N(CC)C(=O)[C@@H]1[C@H](C(=O)O)C1(C)C. The summed E-state index contributed by atoms with van der Waals surface area (Å²) in [6.07, 6.45) is 4.23. The number of carbonyl (C=O) groups excluding carboxylic acids is 1. The van der Waals surface area contributed by atoms with Crippen LogP contribution in [0, 0.1) is 17.3 Å². The third-order valence-electron chi connectivity index (χ3n) is 4.84. The molecule has 5 heteroatoms. The van der Waals surface area contributed by atoms with Gasteiger partial charge in [0, 0.05) is 18.9 Å². The van der Waals surface area contributed by atoms with Crippen LogP contribution in [-0.2, 0) is 9.59 Å². The highest BCUT2D eigenvalue weighted by molar-refractivity contribution is 5.91.